The minimum atomic E-state index is -1.04. The average Bonchev–Trinajstić information content (AvgIpc) is 2.98. The number of amides is 1. The Kier molecular flexibility index (Phi) is 6.07. The molecule has 2 aromatic carbocycles. The number of ether oxygens (including phenoxy) is 2. The number of carboxylic acids is 1. The molecule has 29 heavy (non-hydrogen) atoms. The fourth-order valence-corrected chi connectivity index (χ4v) is 3.36. The summed E-state index contributed by atoms with van der Waals surface area (Å²) in [6, 6.07) is 12.3. The predicted molar refractivity (Wildman–Crippen MR) is 111 cm³/mol. The molecule has 0 aliphatic rings. The SMILES string of the molecule is CCCn1c(C)c(C(=O)Nc2ccc(OCC(=O)O)cc2)c2cc(OC)ccc21. The highest BCUT2D eigenvalue weighted by atomic mass is 16.5. The average molecular weight is 396 g/mol. The zero-order valence-electron chi connectivity index (χ0n) is 16.7. The quantitative estimate of drug-likeness (QED) is 0.599. The highest BCUT2D eigenvalue weighted by Gasteiger charge is 2.20. The van der Waals surface area contributed by atoms with Crippen LogP contribution in [0.5, 0.6) is 11.5 Å². The number of carbonyl (C=O) groups is 2. The topological polar surface area (TPSA) is 89.8 Å². The monoisotopic (exact) mass is 396 g/mol. The van der Waals surface area contributed by atoms with E-state index in [1.165, 1.54) is 0 Å². The summed E-state index contributed by atoms with van der Waals surface area (Å²) in [7, 11) is 1.60. The summed E-state index contributed by atoms with van der Waals surface area (Å²) in [5, 5.41) is 12.4. The zero-order chi connectivity index (χ0) is 21.0. The number of aromatic nitrogens is 1. The van der Waals surface area contributed by atoms with Crippen LogP contribution in [0.15, 0.2) is 42.5 Å². The third-order valence-corrected chi connectivity index (χ3v) is 4.68. The zero-order valence-corrected chi connectivity index (χ0v) is 16.7. The fourth-order valence-electron chi connectivity index (χ4n) is 3.36. The van der Waals surface area contributed by atoms with Crippen LogP contribution in [-0.4, -0.2) is 35.3 Å². The number of aryl methyl sites for hydroxylation is 1. The van der Waals surface area contributed by atoms with Crippen molar-refractivity contribution in [3.8, 4) is 11.5 Å². The number of carbonyl (C=O) groups excluding carboxylic acids is 1. The third-order valence-electron chi connectivity index (χ3n) is 4.68. The molecule has 0 aliphatic carbocycles. The molecule has 0 aliphatic heterocycles. The van der Waals surface area contributed by atoms with Gasteiger partial charge in [0.1, 0.15) is 11.5 Å². The van der Waals surface area contributed by atoms with Gasteiger partial charge in [-0.05, 0) is 55.8 Å². The molecule has 7 heteroatoms. The Labute approximate surface area is 168 Å². The van der Waals surface area contributed by atoms with Gasteiger partial charge in [-0.25, -0.2) is 4.79 Å². The Morgan fingerprint density at radius 2 is 1.79 bits per heavy atom. The molecule has 7 nitrogen and oxygen atoms in total. The number of rotatable bonds is 8. The van der Waals surface area contributed by atoms with E-state index in [-0.39, 0.29) is 5.91 Å². The first-order chi connectivity index (χ1) is 13.9. The fraction of sp³-hybridized carbons (Fsp3) is 0.273. The first-order valence-corrected chi connectivity index (χ1v) is 9.37. The van der Waals surface area contributed by atoms with Crippen LogP contribution in [0.1, 0.15) is 29.4 Å². The van der Waals surface area contributed by atoms with Gasteiger partial charge in [0.05, 0.1) is 12.7 Å². The molecule has 0 radical (unpaired) electrons. The third kappa shape index (κ3) is 4.34. The molecule has 1 heterocycles. The number of methoxy groups -OCH3 is 1. The smallest absolute Gasteiger partial charge is 0.341 e. The molecule has 0 unspecified atom stereocenters. The summed E-state index contributed by atoms with van der Waals surface area (Å²) in [4.78, 5) is 23.7. The normalized spacial score (nSPS) is 10.7. The lowest BCUT2D eigenvalue weighted by atomic mass is 10.1. The van der Waals surface area contributed by atoms with Crippen molar-refractivity contribution in [2.75, 3.05) is 19.0 Å². The molecule has 0 spiro atoms. The van der Waals surface area contributed by atoms with Gasteiger partial charge in [0.25, 0.3) is 5.91 Å². The van der Waals surface area contributed by atoms with Crippen LogP contribution in [0.2, 0.25) is 0 Å². The molecule has 0 bridgehead atoms. The number of fused-ring (bicyclic) bond motifs is 1. The molecule has 0 saturated heterocycles. The maximum Gasteiger partial charge on any atom is 0.341 e. The van der Waals surface area contributed by atoms with Gasteiger partial charge in [-0.3, -0.25) is 4.79 Å². The number of nitrogens with zero attached hydrogens (tertiary/aromatic N) is 1. The molecule has 3 aromatic rings. The van der Waals surface area contributed by atoms with Crippen LogP contribution < -0.4 is 14.8 Å². The van der Waals surface area contributed by atoms with E-state index in [1.807, 2.05) is 25.1 Å². The molecular weight excluding hydrogens is 372 g/mol. The second-order valence-electron chi connectivity index (χ2n) is 6.66. The van der Waals surface area contributed by atoms with Crippen molar-refractivity contribution in [2.45, 2.75) is 26.8 Å². The first kappa shape index (κ1) is 20.3. The van der Waals surface area contributed by atoms with Crippen molar-refractivity contribution in [1.82, 2.24) is 4.57 Å². The minimum Gasteiger partial charge on any atom is -0.497 e. The van der Waals surface area contributed by atoms with Gasteiger partial charge in [-0.2, -0.15) is 0 Å². The Morgan fingerprint density at radius 3 is 2.41 bits per heavy atom. The van der Waals surface area contributed by atoms with Crippen molar-refractivity contribution in [1.29, 1.82) is 0 Å². The van der Waals surface area contributed by atoms with E-state index in [0.29, 0.717) is 22.7 Å². The van der Waals surface area contributed by atoms with E-state index in [9.17, 15) is 9.59 Å². The highest BCUT2D eigenvalue weighted by molar-refractivity contribution is 6.14. The van der Waals surface area contributed by atoms with Crippen LogP contribution in [0, 0.1) is 6.92 Å². The van der Waals surface area contributed by atoms with Crippen LogP contribution in [0.25, 0.3) is 10.9 Å². The van der Waals surface area contributed by atoms with E-state index in [4.69, 9.17) is 14.6 Å². The second-order valence-corrected chi connectivity index (χ2v) is 6.66. The Morgan fingerprint density at radius 1 is 1.10 bits per heavy atom. The number of hydrogen-bond acceptors (Lipinski definition) is 4. The number of benzene rings is 2. The maximum atomic E-state index is 13.1. The molecule has 1 aromatic heterocycles. The van der Waals surface area contributed by atoms with Crippen LogP contribution in [-0.2, 0) is 11.3 Å². The Hall–Kier alpha value is -3.48. The summed E-state index contributed by atoms with van der Waals surface area (Å²) in [5.74, 6) is -0.141. The summed E-state index contributed by atoms with van der Waals surface area (Å²) >= 11 is 0. The molecule has 3 rings (SSSR count). The van der Waals surface area contributed by atoms with Crippen molar-refractivity contribution < 1.29 is 24.2 Å². The highest BCUT2D eigenvalue weighted by Crippen LogP contribution is 2.30. The lowest BCUT2D eigenvalue weighted by molar-refractivity contribution is -0.139. The van der Waals surface area contributed by atoms with Gasteiger partial charge in [0.15, 0.2) is 6.61 Å². The predicted octanol–water partition coefficient (Wildman–Crippen LogP) is 4.08. The number of carboxylic acid groups (broad SMARTS) is 1. The van der Waals surface area contributed by atoms with Crippen molar-refractivity contribution >= 4 is 28.5 Å². The van der Waals surface area contributed by atoms with E-state index in [0.717, 1.165) is 29.6 Å². The standard InChI is InChI=1S/C22H24N2O5/c1-4-11-24-14(2)21(18-12-17(28-3)9-10-19(18)24)22(27)23-15-5-7-16(8-6-15)29-13-20(25)26/h5-10,12H,4,11,13H2,1-3H3,(H,23,27)(H,25,26). The number of aliphatic carboxylic acids is 1. The molecule has 0 fully saturated rings. The Balaban J connectivity index is 1.90. The van der Waals surface area contributed by atoms with Gasteiger partial charge < -0.3 is 24.5 Å². The largest absolute Gasteiger partial charge is 0.497 e. The lowest BCUT2D eigenvalue weighted by Crippen LogP contribution is -2.14. The maximum absolute atomic E-state index is 13.1. The van der Waals surface area contributed by atoms with E-state index < -0.39 is 12.6 Å². The molecule has 0 saturated carbocycles. The van der Waals surface area contributed by atoms with Crippen molar-refractivity contribution in [3.63, 3.8) is 0 Å². The van der Waals surface area contributed by atoms with E-state index >= 15 is 0 Å². The van der Waals surface area contributed by atoms with Gasteiger partial charge in [0, 0.05) is 28.8 Å². The van der Waals surface area contributed by atoms with Gasteiger partial charge in [-0.15, -0.1) is 0 Å². The van der Waals surface area contributed by atoms with Gasteiger partial charge in [-0.1, -0.05) is 6.92 Å². The van der Waals surface area contributed by atoms with Crippen molar-refractivity contribution in [2.24, 2.45) is 0 Å². The van der Waals surface area contributed by atoms with E-state index in [1.54, 1.807) is 31.4 Å². The Bertz CT molecular complexity index is 1040. The number of hydrogen-bond donors (Lipinski definition) is 2. The second kappa shape index (κ2) is 8.68. The van der Waals surface area contributed by atoms with Crippen LogP contribution in [0.4, 0.5) is 5.69 Å². The summed E-state index contributed by atoms with van der Waals surface area (Å²) < 4.78 is 12.6. The van der Waals surface area contributed by atoms with Crippen LogP contribution in [0.3, 0.4) is 0 Å². The van der Waals surface area contributed by atoms with Gasteiger partial charge >= 0.3 is 5.97 Å². The summed E-state index contributed by atoms with van der Waals surface area (Å²) in [6.07, 6.45) is 0.954. The summed E-state index contributed by atoms with van der Waals surface area (Å²) in [5.41, 5.74) is 3.09. The van der Waals surface area contributed by atoms with E-state index in [2.05, 4.69) is 16.8 Å². The number of anilines is 1. The molecule has 0 atom stereocenters. The van der Waals surface area contributed by atoms with Crippen LogP contribution >= 0.6 is 0 Å². The molecule has 152 valence electrons. The van der Waals surface area contributed by atoms with Gasteiger partial charge in [0.2, 0.25) is 0 Å². The number of nitrogens with one attached hydrogen (secondary N) is 1. The molecule has 1 amide bonds. The molecule has 2 N–H and O–H groups in total. The molecular formula is C22H24N2O5. The van der Waals surface area contributed by atoms with Crippen molar-refractivity contribution in [3.05, 3.63) is 53.7 Å². The first-order valence-electron chi connectivity index (χ1n) is 9.37. The minimum absolute atomic E-state index is 0.213. The summed E-state index contributed by atoms with van der Waals surface area (Å²) in [6.45, 7) is 4.45. The lowest BCUT2D eigenvalue weighted by Gasteiger charge is -2.09.